The average Bonchev–Trinajstić information content (AvgIpc) is 3.22. The first-order chi connectivity index (χ1) is 9.88. The molecule has 4 rings (SSSR count). The predicted molar refractivity (Wildman–Crippen MR) is 74.5 cm³/mol. The molecule has 5 nitrogen and oxygen atoms in total. The molecule has 2 aliphatic rings. The Bertz CT molecular complexity index is 583. The van der Waals surface area contributed by atoms with Gasteiger partial charge in [0, 0.05) is 12.6 Å². The molecule has 0 saturated carbocycles. The lowest BCUT2D eigenvalue weighted by Crippen LogP contribution is -2.37. The number of benzene rings is 1. The second-order valence-corrected chi connectivity index (χ2v) is 5.56. The van der Waals surface area contributed by atoms with Crippen molar-refractivity contribution in [2.75, 3.05) is 0 Å². The lowest BCUT2D eigenvalue weighted by Gasteiger charge is -2.19. The summed E-state index contributed by atoms with van der Waals surface area (Å²) in [5.41, 5.74) is 1.96. The Morgan fingerprint density at radius 3 is 2.90 bits per heavy atom. The molecule has 1 aromatic carbocycles. The Hall–Kier alpha value is -1.72. The molecular weight excluding hydrogens is 252 g/mol. The first-order valence-electron chi connectivity index (χ1n) is 7.24. The van der Waals surface area contributed by atoms with E-state index in [-0.39, 0.29) is 0 Å². The van der Waals surface area contributed by atoms with Crippen LogP contribution in [-0.4, -0.2) is 33.2 Å². The van der Waals surface area contributed by atoms with Crippen molar-refractivity contribution < 1.29 is 4.74 Å². The van der Waals surface area contributed by atoms with E-state index in [0.717, 1.165) is 24.3 Å². The molecule has 2 bridgehead atoms. The zero-order valence-corrected chi connectivity index (χ0v) is 11.3. The highest BCUT2D eigenvalue weighted by atomic mass is 16.5. The van der Waals surface area contributed by atoms with Gasteiger partial charge in [-0.25, -0.2) is 0 Å². The normalized spacial score (nSPS) is 28.1. The Balaban J connectivity index is 1.39. The highest BCUT2D eigenvalue weighted by molar-refractivity contribution is 5.28. The maximum Gasteiger partial charge on any atom is 0.0969 e. The van der Waals surface area contributed by atoms with Gasteiger partial charge in [0.25, 0.3) is 0 Å². The molecular formula is C15H18N4O. The maximum absolute atomic E-state index is 5.84. The summed E-state index contributed by atoms with van der Waals surface area (Å²) < 4.78 is 5.84. The molecule has 2 aromatic rings. The van der Waals surface area contributed by atoms with E-state index >= 15 is 0 Å². The van der Waals surface area contributed by atoms with Gasteiger partial charge >= 0.3 is 0 Å². The molecule has 104 valence electrons. The largest absolute Gasteiger partial charge is 0.373 e. The maximum atomic E-state index is 5.84. The van der Waals surface area contributed by atoms with Crippen LogP contribution in [0.15, 0.2) is 36.5 Å². The Labute approximate surface area is 117 Å². The molecule has 3 heterocycles. The highest BCUT2D eigenvalue weighted by Gasteiger charge is 2.40. The molecule has 20 heavy (non-hydrogen) atoms. The number of ether oxygens (including phenoxy) is 1. The summed E-state index contributed by atoms with van der Waals surface area (Å²) in [5.74, 6) is 0. The van der Waals surface area contributed by atoms with Crippen LogP contribution >= 0.6 is 0 Å². The smallest absolute Gasteiger partial charge is 0.0969 e. The van der Waals surface area contributed by atoms with E-state index in [0.29, 0.717) is 18.2 Å². The van der Waals surface area contributed by atoms with E-state index in [2.05, 4.69) is 15.5 Å². The van der Waals surface area contributed by atoms with Crippen LogP contribution in [-0.2, 0) is 11.3 Å². The second-order valence-electron chi connectivity index (χ2n) is 5.56. The van der Waals surface area contributed by atoms with Crippen LogP contribution in [0.1, 0.15) is 25.0 Å². The van der Waals surface area contributed by atoms with E-state index in [1.165, 1.54) is 12.8 Å². The highest BCUT2D eigenvalue weighted by Crippen LogP contribution is 2.34. The molecule has 0 amide bonds. The van der Waals surface area contributed by atoms with Gasteiger partial charge in [0.2, 0.25) is 0 Å². The lowest BCUT2D eigenvalue weighted by atomic mass is 9.95. The fourth-order valence-corrected chi connectivity index (χ4v) is 3.15. The van der Waals surface area contributed by atoms with Gasteiger partial charge in [-0.2, -0.15) is 15.0 Å². The first kappa shape index (κ1) is 12.1. The molecule has 2 saturated heterocycles. The third-order valence-electron chi connectivity index (χ3n) is 4.18. The molecule has 1 aromatic heterocycles. The molecule has 5 heteroatoms. The number of hydrogen-bond donors (Lipinski definition) is 1. The number of fused-ring (bicyclic) bond motifs is 2. The fourth-order valence-electron chi connectivity index (χ4n) is 3.15. The van der Waals surface area contributed by atoms with Gasteiger partial charge in [0.1, 0.15) is 0 Å². The van der Waals surface area contributed by atoms with Gasteiger partial charge in [0.05, 0.1) is 29.8 Å². The second kappa shape index (κ2) is 5.00. The van der Waals surface area contributed by atoms with Gasteiger partial charge in [-0.15, -0.1) is 0 Å². The average molecular weight is 270 g/mol. The minimum atomic E-state index is 0.407. The van der Waals surface area contributed by atoms with Gasteiger partial charge in [-0.3, -0.25) is 0 Å². The van der Waals surface area contributed by atoms with E-state index in [1.807, 2.05) is 36.5 Å². The van der Waals surface area contributed by atoms with Crippen LogP contribution < -0.4 is 5.32 Å². The van der Waals surface area contributed by atoms with Crippen LogP contribution in [0.2, 0.25) is 0 Å². The first-order valence-corrected chi connectivity index (χ1v) is 7.24. The van der Waals surface area contributed by atoms with Gasteiger partial charge in [0.15, 0.2) is 0 Å². The van der Waals surface area contributed by atoms with Crippen molar-refractivity contribution in [1.29, 1.82) is 0 Å². The number of nitrogens with one attached hydrogen (secondary N) is 1. The zero-order chi connectivity index (χ0) is 13.4. The number of hydrogen-bond acceptors (Lipinski definition) is 4. The van der Waals surface area contributed by atoms with Gasteiger partial charge in [-0.1, -0.05) is 18.2 Å². The van der Waals surface area contributed by atoms with E-state index in [4.69, 9.17) is 4.74 Å². The molecule has 0 spiro atoms. The molecule has 0 radical (unpaired) electrons. The lowest BCUT2D eigenvalue weighted by molar-refractivity contribution is 0.0972. The summed E-state index contributed by atoms with van der Waals surface area (Å²) in [7, 11) is 0. The summed E-state index contributed by atoms with van der Waals surface area (Å²) in [4.78, 5) is 1.67. The number of nitrogens with zero attached hydrogens (tertiary/aromatic N) is 3. The van der Waals surface area contributed by atoms with Crippen LogP contribution in [0.3, 0.4) is 0 Å². The van der Waals surface area contributed by atoms with Crippen molar-refractivity contribution >= 4 is 0 Å². The molecule has 1 N–H and O–H groups in total. The standard InChI is InChI=1S/C15H18N4O/c1-2-4-12(5-3-1)19-17-10-11(18-19)9-16-14-8-13-6-7-15(14)20-13/h1-5,10,13-16H,6-9H2. The summed E-state index contributed by atoms with van der Waals surface area (Å²) in [6.45, 7) is 0.754. The van der Waals surface area contributed by atoms with Crippen LogP contribution in [0.5, 0.6) is 0 Å². The van der Waals surface area contributed by atoms with Crippen molar-refractivity contribution in [3.63, 3.8) is 0 Å². The number of aromatic nitrogens is 3. The predicted octanol–water partition coefficient (Wildman–Crippen LogP) is 1.68. The van der Waals surface area contributed by atoms with Crippen molar-refractivity contribution in [3.8, 4) is 5.69 Å². The van der Waals surface area contributed by atoms with E-state index < -0.39 is 0 Å². The molecule has 2 aliphatic heterocycles. The van der Waals surface area contributed by atoms with Crippen molar-refractivity contribution in [2.24, 2.45) is 0 Å². The summed E-state index contributed by atoms with van der Waals surface area (Å²) in [6, 6.07) is 10.5. The topological polar surface area (TPSA) is 52.0 Å². The van der Waals surface area contributed by atoms with Crippen LogP contribution in [0.4, 0.5) is 0 Å². The molecule has 3 atom stereocenters. The summed E-state index contributed by atoms with van der Waals surface area (Å²) in [5, 5.41) is 12.4. The van der Waals surface area contributed by atoms with E-state index in [1.54, 1.807) is 4.80 Å². The Morgan fingerprint density at radius 1 is 1.25 bits per heavy atom. The number of rotatable bonds is 4. The summed E-state index contributed by atoms with van der Waals surface area (Å²) in [6.07, 6.45) is 6.28. The Kier molecular flexibility index (Phi) is 3.01. The SMILES string of the molecule is c1ccc(-n2ncc(CNC3CC4CCC3O4)n2)cc1. The van der Waals surface area contributed by atoms with E-state index in [9.17, 15) is 0 Å². The third kappa shape index (κ3) is 2.23. The molecule has 3 unspecified atom stereocenters. The van der Waals surface area contributed by atoms with Crippen LogP contribution in [0.25, 0.3) is 5.69 Å². The fraction of sp³-hybridized carbons (Fsp3) is 0.467. The number of para-hydroxylation sites is 1. The Morgan fingerprint density at radius 2 is 2.15 bits per heavy atom. The van der Waals surface area contributed by atoms with Crippen molar-refractivity contribution in [2.45, 2.75) is 44.1 Å². The minimum Gasteiger partial charge on any atom is -0.373 e. The summed E-state index contributed by atoms with van der Waals surface area (Å²) >= 11 is 0. The third-order valence-corrected chi connectivity index (χ3v) is 4.18. The van der Waals surface area contributed by atoms with Crippen molar-refractivity contribution in [3.05, 3.63) is 42.2 Å². The molecule has 0 aliphatic carbocycles. The van der Waals surface area contributed by atoms with Gasteiger partial charge in [-0.05, 0) is 31.4 Å². The minimum absolute atomic E-state index is 0.407. The van der Waals surface area contributed by atoms with Crippen molar-refractivity contribution in [1.82, 2.24) is 20.3 Å². The quantitative estimate of drug-likeness (QED) is 0.918. The monoisotopic (exact) mass is 270 g/mol. The van der Waals surface area contributed by atoms with Gasteiger partial charge < -0.3 is 10.1 Å². The van der Waals surface area contributed by atoms with Crippen LogP contribution in [0, 0.1) is 0 Å². The molecule has 2 fully saturated rings. The zero-order valence-electron chi connectivity index (χ0n) is 11.3.